The van der Waals surface area contributed by atoms with Crippen molar-refractivity contribution in [2.45, 2.75) is 46.1 Å². The number of aromatic nitrogens is 1. The number of nitrogens with zero attached hydrogens (tertiary/aromatic N) is 2. The summed E-state index contributed by atoms with van der Waals surface area (Å²) in [6.45, 7) is 5.35. The second-order valence-corrected chi connectivity index (χ2v) is 7.63. The summed E-state index contributed by atoms with van der Waals surface area (Å²) in [5.41, 5.74) is 4.69. The summed E-state index contributed by atoms with van der Waals surface area (Å²) in [6, 6.07) is 16.7. The highest BCUT2D eigenvalue weighted by Gasteiger charge is 2.08. The Balaban J connectivity index is 1.97. The summed E-state index contributed by atoms with van der Waals surface area (Å²) in [6.07, 6.45) is 4.97. The molecule has 0 N–H and O–H groups in total. The van der Waals surface area contributed by atoms with E-state index >= 15 is 0 Å². The average molecular weight is 381 g/mol. The Kier molecular flexibility index (Phi) is 6.88. The zero-order chi connectivity index (χ0) is 19.1. The molecule has 142 valence electrons. The number of hydrogen-bond acceptors (Lipinski definition) is 3. The number of unbranched alkanes of at least 4 members (excludes halogenated alkanes) is 3. The van der Waals surface area contributed by atoms with E-state index in [1.165, 1.54) is 42.5 Å². The largest absolute Gasteiger partial charge is 0.497 e. The molecule has 0 amide bonds. The maximum absolute atomic E-state index is 5.30. The molecule has 1 heterocycles. The van der Waals surface area contributed by atoms with E-state index in [2.05, 4.69) is 60.2 Å². The molecule has 0 fully saturated rings. The summed E-state index contributed by atoms with van der Waals surface area (Å²) >= 11 is 1.71. The molecule has 0 unspecified atom stereocenters. The van der Waals surface area contributed by atoms with Crippen LogP contribution in [-0.2, 0) is 6.54 Å². The Bertz CT molecular complexity index is 905. The first kappa shape index (κ1) is 19.4. The second kappa shape index (κ2) is 9.56. The van der Waals surface area contributed by atoms with Crippen molar-refractivity contribution < 1.29 is 4.74 Å². The Morgan fingerprint density at radius 2 is 1.70 bits per heavy atom. The molecule has 0 saturated carbocycles. The lowest BCUT2D eigenvalue weighted by Gasteiger charge is -2.10. The number of benzene rings is 2. The number of rotatable bonds is 8. The number of thiazole rings is 1. The third kappa shape index (κ3) is 5.10. The topological polar surface area (TPSA) is 26.5 Å². The van der Waals surface area contributed by atoms with Crippen molar-refractivity contribution in [1.29, 1.82) is 0 Å². The number of methoxy groups -OCH3 is 1. The van der Waals surface area contributed by atoms with Crippen LogP contribution in [0.3, 0.4) is 0 Å². The highest BCUT2D eigenvalue weighted by Crippen LogP contribution is 2.24. The first-order chi connectivity index (χ1) is 13.2. The Morgan fingerprint density at radius 3 is 2.37 bits per heavy atom. The quantitative estimate of drug-likeness (QED) is 0.418. The summed E-state index contributed by atoms with van der Waals surface area (Å²) < 4.78 is 7.66. The number of ether oxygens (including phenoxy) is 1. The van der Waals surface area contributed by atoms with Crippen LogP contribution in [0.25, 0.3) is 11.3 Å². The maximum Gasteiger partial charge on any atom is 0.190 e. The molecular formula is C23H28N2OS. The number of hydrogen-bond donors (Lipinski definition) is 0. The molecule has 27 heavy (non-hydrogen) atoms. The third-order valence-electron chi connectivity index (χ3n) is 4.68. The molecule has 0 aliphatic carbocycles. The summed E-state index contributed by atoms with van der Waals surface area (Å²) in [7, 11) is 1.70. The minimum Gasteiger partial charge on any atom is -0.497 e. The second-order valence-electron chi connectivity index (χ2n) is 6.79. The first-order valence-electron chi connectivity index (χ1n) is 9.65. The van der Waals surface area contributed by atoms with Crippen LogP contribution in [0.5, 0.6) is 5.75 Å². The van der Waals surface area contributed by atoms with Gasteiger partial charge in [0.15, 0.2) is 4.80 Å². The van der Waals surface area contributed by atoms with Gasteiger partial charge in [0.25, 0.3) is 0 Å². The fourth-order valence-corrected chi connectivity index (χ4v) is 4.01. The summed E-state index contributed by atoms with van der Waals surface area (Å²) in [5, 5.41) is 2.22. The van der Waals surface area contributed by atoms with Crippen molar-refractivity contribution in [3.05, 3.63) is 64.3 Å². The van der Waals surface area contributed by atoms with Crippen LogP contribution in [-0.4, -0.2) is 11.7 Å². The van der Waals surface area contributed by atoms with Crippen LogP contribution in [0.4, 0.5) is 5.69 Å². The molecular weight excluding hydrogens is 352 g/mol. The van der Waals surface area contributed by atoms with Crippen LogP contribution in [0, 0.1) is 6.92 Å². The lowest BCUT2D eigenvalue weighted by molar-refractivity contribution is 0.415. The van der Waals surface area contributed by atoms with E-state index < -0.39 is 0 Å². The van der Waals surface area contributed by atoms with Gasteiger partial charge >= 0.3 is 0 Å². The van der Waals surface area contributed by atoms with E-state index in [1.807, 2.05) is 12.1 Å². The SMILES string of the molecule is CCCCCCn1c(-c2ccc(OC)cc2)csc1=Nc1ccc(C)cc1. The highest BCUT2D eigenvalue weighted by atomic mass is 32.1. The normalized spacial score (nSPS) is 11.7. The van der Waals surface area contributed by atoms with Crippen LogP contribution < -0.4 is 9.54 Å². The fourth-order valence-electron chi connectivity index (χ4n) is 3.05. The van der Waals surface area contributed by atoms with E-state index in [9.17, 15) is 0 Å². The first-order valence-corrected chi connectivity index (χ1v) is 10.5. The molecule has 4 heteroatoms. The van der Waals surface area contributed by atoms with Gasteiger partial charge in [0.2, 0.25) is 0 Å². The predicted octanol–water partition coefficient (Wildman–Crippen LogP) is 6.35. The molecule has 1 aromatic heterocycles. The van der Waals surface area contributed by atoms with Crippen LogP contribution in [0.15, 0.2) is 58.9 Å². The molecule has 3 rings (SSSR count). The van der Waals surface area contributed by atoms with E-state index in [-0.39, 0.29) is 0 Å². The fraction of sp³-hybridized carbons (Fsp3) is 0.348. The minimum atomic E-state index is 0.882. The molecule has 0 spiro atoms. The van der Waals surface area contributed by atoms with Crippen molar-refractivity contribution >= 4 is 17.0 Å². The van der Waals surface area contributed by atoms with Gasteiger partial charge in [-0.3, -0.25) is 0 Å². The van der Waals surface area contributed by atoms with Crippen LogP contribution >= 0.6 is 11.3 Å². The van der Waals surface area contributed by atoms with Crippen molar-refractivity contribution in [3.63, 3.8) is 0 Å². The van der Waals surface area contributed by atoms with Gasteiger partial charge in [-0.25, -0.2) is 4.99 Å². The van der Waals surface area contributed by atoms with Gasteiger partial charge in [0.1, 0.15) is 5.75 Å². The lowest BCUT2D eigenvalue weighted by Crippen LogP contribution is -2.16. The standard InChI is InChI=1S/C23H28N2OS/c1-4-5-6-7-16-25-22(19-10-14-21(26-3)15-11-19)17-27-23(25)24-20-12-8-18(2)9-13-20/h8-15,17H,4-7,16H2,1-3H3. The van der Waals surface area contributed by atoms with E-state index in [4.69, 9.17) is 9.73 Å². The molecule has 0 atom stereocenters. The molecule has 0 bridgehead atoms. The van der Waals surface area contributed by atoms with E-state index in [0.717, 1.165) is 22.8 Å². The Morgan fingerprint density at radius 1 is 0.963 bits per heavy atom. The minimum absolute atomic E-state index is 0.882. The van der Waals surface area contributed by atoms with E-state index in [1.54, 1.807) is 18.4 Å². The van der Waals surface area contributed by atoms with Gasteiger partial charge in [-0.05, 0) is 55.3 Å². The van der Waals surface area contributed by atoms with Crippen LogP contribution in [0.2, 0.25) is 0 Å². The smallest absolute Gasteiger partial charge is 0.190 e. The van der Waals surface area contributed by atoms with Gasteiger partial charge < -0.3 is 9.30 Å². The third-order valence-corrected chi connectivity index (χ3v) is 5.54. The molecule has 0 saturated heterocycles. The van der Waals surface area contributed by atoms with E-state index in [0.29, 0.717) is 0 Å². The lowest BCUT2D eigenvalue weighted by atomic mass is 10.1. The number of aryl methyl sites for hydroxylation is 1. The molecule has 3 aromatic rings. The molecule has 2 aromatic carbocycles. The van der Waals surface area contributed by atoms with Gasteiger partial charge in [-0.15, -0.1) is 11.3 Å². The maximum atomic E-state index is 5.30. The van der Waals surface area contributed by atoms with Gasteiger partial charge in [0.05, 0.1) is 18.5 Å². The zero-order valence-corrected chi connectivity index (χ0v) is 17.3. The predicted molar refractivity (Wildman–Crippen MR) is 115 cm³/mol. The molecule has 0 radical (unpaired) electrons. The Hall–Kier alpha value is -2.33. The molecule has 3 nitrogen and oxygen atoms in total. The van der Waals surface area contributed by atoms with Crippen molar-refractivity contribution in [2.75, 3.05) is 7.11 Å². The van der Waals surface area contributed by atoms with Crippen molar-refractivity contribution in [1.82, 2.24) is 4.57 Å². The van der Waals surface area contributed by atoms with Gasteiger partial charge in [-0.1, -0.05) is 43.9 Å². The van der Waals surface area contributed by atoms with Crippen molar-refractivity contribution in [3.8, 4) is 17.0 Å². The molecule has 0 aliphatic heterocycles. The van der Waals surface area contributed by atoms with Gasteiger partial charge in [0, 0.05) is 11.9 Å². The zero-order valence-electron chi connectivity index (χ0n) is 16.4. The van der Waals surface area contributed by atoms with Crippen LogP contribution in [0.1, 0.15) is 38.2 Å². The summed E-state index contributed by atoms with van der Waals surface area (Å²) in [5.74, 6) is 0.882. The monoisotopic (exact) mass is 380 g/mol. The van der Waals surface area contributed by atoms with Crippen molar-refractivity contribution in [2.24, 2.45) is 4.99 Å². The summed E-state index contributed by atoms with van der Waals surface area (Å²) in [4.78, 5) is 5.97. The highest BCUT2D eigenvalue weighted by molar-refractivity contribution is 7.07. The van der Waals surface area contributed by atoms with Gasteiger partial charge in [-0.2, -0.15) is 0 Å². The average Bonchev–Trinajstić information content (AvgIpc) is 3.09. The Labute approximate surface area is 166 Å². The molecule has 0 aliphatic rings.